The zero-order valence-corrected chi connectivity index (χ0v) is 12.8. The molecule has 2 N–H and O–H groups in total. The number of nitro groups is 1. The van der Waals surface area contributed by atoms with E-state index < -0.39 is 22.2 Å². The molecule has 0 radical (unpaired) electrons. The van der Waals surface area contributed by atoms with Gasteiger partial charge in [0.2, 0.25) is 0 Å². The van der Waals surface area contributed by atoms with Crippen molar-refractivity contribution in [3.05, 3.63) is 63.7 Å². The number of nitriles is 1. The molecule has 2 aromatic carbocycles. The van der Waals surface area contributed by atoms with Crippen molar-refractivity contribution in [3.8, 4) is 6.07 Å². The molecular weight excluding hydrogens is 337 g/mol. The lowest BCUT2D eigenvalue weighted by Crippen LogP contribution is -2.15. The molecule has 0 aliphatic carbocycles. The van der Waals surface area contributed by atoms with Crippen LogP contribution in [0, 0.1) is 21.4 Å². The summed E-state index contributed by atoms with van der Waals surface area (Å²) in [6.07, 6.45) is -4.60. The monoisotopic (exact) mass is 350 g/mol. The lowest BCUT2D eigenvalue weighted by Gasteiger charge is -2.13. The minimum absolute atomic E-state index is 0.0269. The maximum Gasteiger partial charge on any atom is 0.417 e. The van der Waals surface area contributed by atoms with E-state index in [2.05, 4.69) is 10.6 Å². The molecule has 0 spiro atoms. The van der Waals surface area contributed by atoms with Crippen LogP contribution in [0.5, 0.6) is 0 Å². The van der Waals surface area contributed by atoms with E-state index in [1.54, 1.807) is 12.1 Å². The number of hydrogen-bond donors (Lipinski definition) is 2. The molecule has 0 bridgehead atoms. The summed E-state index contributed by atoms with van der Waals surface area (Å²) >= 11 is 0. The number of nitro benzene ring substituents is 1. The Morgan fingerprint density at radius 2 is 1.60 bits per heavy atom. The number of hydrogen-bond acceptors (Lipinski definition) is 5. The van der Waals surface area contributed by atoms with Gasteiger partial charge in [-0.15, -0.1) is 0 Å². The van der Waals surface area contributed by atoms with Crippen molar-refractivity contribution in [2.24, 2.45) is 0 Å². The van der Waals surface area contributed by atoms with Crippen LogP contribution in [0.3, 0.4) is 0 Å². The number of rotatable bonds is 6. The van der Waals surface area contributed by atoms with Gasteiger partial charge in [-0.2, -0.15) is 18.4 Å². The zero-order chi connectivity index (χ0) is 18.4. The Kier molecular flexibility index (Phi) is 5.44. The van der Waals surface area contributed by atoms with Crippen LogP contribution in [0.25, 0.3) is 0 Å². The maximum atomic E-state index is 12.9. The summed E-state index contributed by atoms with van der Waals surface area (Å²) in [4.78, 5) is 10.0. The Morgan fingerprint density at radius 3 is 2.12 bits per heavy atom. The third kappa shape index (κ3) is 4.84. The van der Waals surface area contributed by atoms with Crippen molar-refractivity contribution in [1.29, 1.82) is 5.26 Å². The van der Waals surface area contributed by atoms with Crippen LogP contribution >= 0.6 is 0 Å². The largest absolute Gasteiger partial charge is 0.417 e. The predicted molar refractivity (Wildman–Crippen MR) is 86.2 cm³/mol. The van der Waals surface area contributed by atoms with Gasteiger partial charge in [-0.25, -0.2) is 0 Å². The highest BCUT2D eigenvalue weighted by atomic mass is 19.4. The van der Waals surface area contributed by atoms with E-state index in [1.165, 1.54) is 24.3 Å². The Morgan fingerprint density at radius 1 is 1.04 bits per heavy atom. The molecule has 2 rings (SSSR count). The minimum Gasteiger partial charge on any atom is -0.383 e. The van der Waals surface area contributed by atoms with Gasteiger partial charge in [0.1, 0.15) is 0 Å². The minimum atomic E-state index is -4.60. The third-order valence-corrected chi connectivity index (χ3v) is 3.31. The standard InChI is InChI=1S/C16H13F3N4O2/c17-16(18,19)15-9-13(2-1-11(15)10-20)22-8-7-21-12-3-5-14(6-4-12)23(24)25/h1-6,9,21-22H,7-8H2. The number of alkyl halides is 3. The van der Waals surface area contributed by atoms with E-state index >= 15 is 0 Å². The molecule has 6 nitrogen and oxygen atoms in total. The van der Waals surface area contributed by atoms with Gasteiger partial charge in [-0.1, -0.05) is 0 Å². The Hall–Kier alpha value is -3.28. The normalized spacial score (nSPS) is 10.8. The summed E-state index contributed by atoms with van der Waals surface area (Å²) in [6.45, 7) is 0.708. The van der Waals surface area contributed by atoms with Crippen molar-refractivity contribution in [1.82, 2.24) is 0 Å². The maximum absolute atomic E-state index is 12.9. The van der Waals surface area contributed by atoms with Gasteiger partial charge >= 0.3 is 6.18 Å². The smallest absolute Gasteiger partial charge is 0.383 e. The van der Waals surface area contributed by atoms with Gasteiger partial charge in [-0.05, 0) is 30.3 Å². The number of benzene rings is 2. The van der Waals surface area contributed by atoms with Gasteiger partial charge in [0.15, 0.2) is 0 Å². The zero-order valence-electron chi connectivity index (χ0n) is 12.8. The fraction of sp³-hybridized carbons (Fsp3) is 0.188. The fourth-order valence-electron chi connectivity index (χ4n) is 2.10. The SMILES string of the molecule is N#Cc1ccc(NCCNc2ccc([N+](=O)[O-])cc2)cc1C(F)(F)F. The van der Waals surface area contributed by atoms with Crippen molar-refractivity contribution in [2.45, 2.75) is 6.18 Å². The second-order valence-electron chi connectivity index (χ2n) is 5.03. The summed E-state index contributed by atoms with van der Waals surface area (Å²) in [5, 5.41) is 25.1. The van der Waals surface area contributed by atoms with Crippen LogP contribution < -0.4 is 10.6 Å². The fourth-order valence-corrected chi connectivity index (χ4v) is 2.10. The molecule has 0 saturated heterocycles. The van der Waals surface area contributed by atoms with Crippen LogP contribution in [-0.2, 0) is 6.18 Å². The Balaban J connectivity index is 1.92. The average Bonchev–Trinajstić information content (AvgIpc) is 2.58. The first-order valence-corrected chi connectivity index (χ1v) is 7.15. The molecule has 0 aliphatic rings. The van der Waals surface area contributed by atoms with Crippen molar-refractivity contribution in [2.75, 3.05) is 23.7 Å². The number of non-ortho nitro benzene ring substituents is 1. The molecule has 9 heteroatoms. The number of anilines is 2. The molecule has 0 atom stereocenters. The molecule has 0 heterocycles. The topological polar surface area (TPSA) is 91.0 Å². The second kappa shape index (κ2) is 7.53. The third-order valence-electron chi connectivity index (χ3n) is 3.31. The van der Waals surface area contributed by atoms with E-state index in [9.17, 15) is 23.3 Å². The van der Waals surface area contributed by atoms with Crippen molar-refractivity contribution < 1.29 is 18.1 Å². The summed E-state index contributed by atoms with van der Waals surface area (Å²) in [5.41, 5.74) is -0.536. The van der Waals surface area contributed by atoms with Crippen LogP contribution in [0.2, 0.25) is 0 Å². The Labute approximate surface area is 141 Å². The highest BCUT2D eigenvalue weighted by Crippen LogP contribution is 2.33. The summed E-state index contributed by atoms with van der Waals surface area (Å²) < 4.78 is 38.6. The van der Waals surface area contributed by atoms with Gasteiger partial charge in [0, 0.05) is 36.6 Å². The molecule has 25 heavy (non-hydrogen) atoms. The molecule has 0 aliphatic heterocycles. The van der Waals surface area contributed by atoms with Crippen LogP contribution in [0.4, 0.5) is 30.2 Å². The number of nitrogens with one attached hydrogen (secondary N) is 2. The highest BCUT2D eigenvalue weighted by Gasteiger charge is 2.33. The Bertz CT molecular complexity index is 799. The van der Waals surface area contributed by atoms with Crippen LogP contribution in [-0.4, -0.2) is 18.0 Å². The van der Waals surface area contributed by atoms with E-state index in [-0.39, 0.29) is 11.4 Å². The van der Waals surface area contributed by atoms with E-state index in [0.29, 0.717) is 18.8 Å². The molecule has 130 valence electrons. The average molecular weight is 350 g/mol. The highest BCUT2D eigenvalue weighted by molar-refractivity contribution is 5.53. The summed E-state index contributed by atoms with van der Waals surface area (Å²) in [5.74, 6) is 0. The van der Waals surface area contributed by atoms with E-state index in [4.69, 9.17) is 5.26 Å². The van der Waals surface area contributed by atoms with Gasteiger partial charge in [-0.3, -0.25) is 10.1 Å². The van der Waals surface area contributed by atoms with Crippen molar-refractivity contribution in [3.63, 3.8) is 0 Å². The van der Waals surface area contributed by atoms with Gasteiger partial charge < -0.3 is 10.6 Å². The number of nitrogens with zero attached hydrogens (tertiary/aromatic N) is 2. The first kappa shape index (κ1) is 18.1. The first-order valence-electron chi connectivity index (χ1n) is 7.15. The molecule has 0 saturated carbocycles. The van der Waals surface area contributed by atoms with Crippen molar-refractivity contribution >= 4 is 17.1 Å². The first-order chi connectivity index (χ1) is 11.8. The molecule has 0 aromatic heterocycles. The van der Waals surface area contributed by atoms with Gasteiger partial charge in [0.05, 0.1) is 22.1 Å². The van der Waals surface area contributed by atoms with Crippen LogP contribution in [0.15, 0.2) is 42.5 Å². The molecular formula is C16H13F3N4O2. The molecule has 0 fully saturated rings. The lowest BCUT2D eigenvalue weighted by molar-refractivity contribution is -0.384. The molecule has 2 aromatic rings. The molecule has 0 unspecified atom stereocenters. The molecule has 0 amide bonds. The lowest BCUT2D eigenvalue weighted by atomic mass is 10.1. The predicted octanol–water partition coefficient (Wildman–Crippen LogP) is 4.01. The van der Waals surface area contributed by atoms with E-state index in [1.807, 2.05) is 0 Å². The van der Waals surface area contributed by atoms with Crippen LogP contribution in [0.1, 0.15) is 11.1 Å². The quantitative estimate of drug-likeness (QED) is 0.467. The summed E-state index contributed by atoms with van der Waals surface area (Å²) in [6, 6.07) is 10.7. The number of halogens is 3. The second-order valence-corrected chi connectivity index (χ2v) is 5.03. The summed E-state index contributed by atoms with van der Waals surface area (Å²) in [7, 11) is 0. The van der Waals surface area contributed by atoms with Gasteiger partial charge in [0.25, 0.3) is 5.69 Å². The van der Waals surface area contributed by atoms with E-state index in [0.717, 1.165) is 12.1 Å².